The summed E-state index contributed by atoms with van der Waals surface area (Å²) < 4.78 is 17.9. The maximum atomic E-state index is 13.1. The molecule has 0 saturated heterocycles. The van der Waals surface area contributed by atoms with Crippen molar-refractivity contribution in [2.24, 2.45) is 0 Å². The lowest BCUT2D eigenvalue weighted by atomic mass is 10.2. The molecule has 0 aromatic heterocycles. The van der Waals surface area contributed by atoms with E-state index in [9.17, 15) is 9.18 Å². The molecule has 0 bridgehead atoms. The third kappa shape index (κ3) is 2.23. The Labute approximate surface area is 89.2 Å². The summed E-state index contributed by atoms with van der Waals surface area (Å²) in [4.78, 5) is 11.3. The summed E-state index contributed by atoms with van der Waals surface area (Å²) in [5, 5.41) is 0. The molecule has 0 aliphatic rings. The molecule has 3 nitrogen and oxygen atoms in total. The fourth-order valence-electron chi connectivity index (χ4n) is 0.967. The lowest BCUT2D eigenvalue weighted by molar-refractivity contribution is 0.0524. The van der Waals surface area contributed by atoms with E-state index in [-0.39, 0.29) is 22.3 Å². The summed E-state index contributed by atoms with van der Waals surface area (Å²) in [6.45, 7) is 1.91. The van der Waals surface area contributed by atoms with E-state index in [1.807, 2.05) is 0 Å². The van der Waals surface area contributed by atoms with Gasteiger partial charge in [-0.05, 0) is 35.0 Å². The van der Waals surface area contributed by atoms with Crippen LogP contribution in [0.4, 0.5) is 10.1 Å². The molecule has 0 unspecified atom stereocenters. The summed E-state index contributed by atoms with van der Waals surface area (Å²) >= 11 is 2.95. The molecule has 0 aliphatic carbocycles. The van der Waals surface area contributed by atoms with Crippen LogP contribution in [0.1, 0.15) is 17.3 Å². The van der Waals surface area contributed by atoms with Gasteiger partial charge in [-0.3, -0.25) is 0 Å². The maximum absolute atomic E-state index is 13.1. The first kappa shape index (κ1) is 11.0. The Morgan fingerprint density at radius 3 is 2.86 bits per heavy atom. The standard InChI is InChI=1S/C9H9BrFNO2/c1-2-14-9(13)6-3-5(12)4-7(11)8(6)10/h3-4H,2,12H2,1H3. The zero-order valence-electron chi connectivity index (χ0n) is 7.51. The third-order valence-corrected chi connectivity index (χ3v) is 2.35. The van der Waals surface area contributed by atoms with Crippen LogP contribution in [-0.2, 0) is 4.74 Å². The van der Waals surface area contributed by atoms with Crippen molar-refractivity contribution in [1.29, 1.82) is 0 Å². The zero-order chi connectivity index (χ0) is 10.7. The highest BCUT2D eigenvalue weighted by Crippen LogP contribution is 2.24. The van der Waals surface area contributed by atoms with Gasteiger partial charge in [0.1, 0.15) is 5.82 Å². The van der Waals surface area contributed by atoms with Gasteiger partial charge in [0, 0.05) is 5.69 Å². The molecule has 76 valence electrons. The van der Waals surface area contributed by atoms with E-state index in [1.54, 1.807) is 6.92 Å². The Morgan fingerprint density at radius 1 is 1.64 bits per heavy atom. The van der Waals surface area contributed by atoms with Gasteiger partial charge < -0.3 is 10.5 Å². The number of benzene rings is 1. The van der Waals surface area contributed by atoms with Crippen LogP contribution in [0.3, 0.4) is 0 Å². The fraction of sp³-hybridized carbons (Fsp3) is 0.222. The average molecular weight is 262 g/mol. The number of carbonyl (C=O) groups excluding carboxylic acids is 1. The predicted molar refractivity (Wildman–Crippen MR) is 54.5 cm³/mol. The molecule has 0 saturated carbocycles. The van der Waals surface area contributed by atoms with Gasteiger partial charge >= 0.3 is 5.97 Å². The third-order valence-electron chi connectivity index (χ3n) is 1.55. The molecule has 0 atom stereocenters. The SMILES string of the molecule is CCOC(=O)c1cc(N)cc(F)c1Br. The number of rotatable bonds is 2. The molecule has 1 aromatic rings. The molecule has 0 radical (unpaired) electrons. The number of hydrogen-bond acceptors (Lipinski definition) is 3. The Kier molecular flexibility index (Phi) is 3.46. The average Bonchev–Trinajstić information content (AvgIpc) is 2.11. The largest absolute Gasteiger partial charge is 0.462 e. The summed E-state index contributed by atoms with van der Waals surface area (Å²) in [5.74, 6) is -1.17. The van der Waals surface area contributed by atoms with Crippen molar-refractivity contribution in [3.63, 3.8) is 0 Å². The van der Waals surface area contributed by atoms with E-state index >= 15 is 0 Å². The Morgan fingerprint density at radius 2 is 2.29 bits per heavy atom. The molecule has 0 spiro atoms. The van der Waals surface area contributed by atoms with E-state index in [4.69, 9.17) is 10.5 Å². The molecule has 14 heavy (non-hydrogen) atoms. The van der Waals surface area contributed by atoms with Crippen LogP contribution in [0.25, 0.3) is 0 Å². The smallest absolute Gasteiger partial charge is 0.339 e. The highest BCUT2D eigenvalue weighted by molar-refractivity contribution is 9.10. The van der Waals surface area contributed by atoms with E-state index in [0.29, 0.717) is 0 Å². The molecular weight excluding hydrogens is 253 g/mol. The first-order valence-corrected chi connectivity index (χ1v) is 4.77. The minimum absolute atomic E-state index is 0.0742. The highest BCUT2D eigenvalue weighted by atomic mass is 79.9. The maximum Gasteiger partial charge on any atom is 0.339 e. The molecule has 1 rings (SSSR count). The van der Waals surface area contributed by atoms with Gasteiger partial charge in [-0.25, -0.2) is 9.18 Å². The quantitative estimate of drug-likeness (QED) is 0.657. The zero-order valence-corrected chi connectivity index (χ0v) is 9.10. The van der Waals surface area contributed by atoms with Crippen LogP contribution in [0, 0.1) is 5.82 Å². The second-order valence-corrected chi connectivity index (χ2v) is 3.38. The number of nitrogen functional groups attached to an aromatic ring is 1. The summed E-state index contributed by atoms with van der Waals surface area (Å²) in [7, 11) is 0. The predicted octanol–water partition coefficient (Wildman–Crippen LogP) is 2.35. The summed E-state index contributed by atoms with van der Waals surface area (Å²) in [6.07, 6.45) is 0. The van der Waals surface area contributed by atoms with Crippen molar-refractivity contribution in [2.45, 2.75) is 6.92 Å². The van der Waals surface area contributed by atoms with Crippen molar-refractivity contribution in [3.05, 3.63) is 28.0 Å². The van der Waals surface area contributed by atoms with Gasteiger partial charge in [0.15, 0.2) is 0 Å². The fourth-order valence-corrected chi connectivity index (χ4v) is 1.36. The number of hydrogen-bond donors (Lipinski definition) is 1. The van der Waals surface area contributed by atoms with Gasteiger partial charge in [-0.15, -0.1) is 0 Å². The van der Waals surface area contributed by atoms with Crippen LogP contribution in [0.15, 0.2) is 16.6 Å². The van der Waals surface area contributed by atoms with E-state index < -0.39 is 11.8 Å². The molecule has 2 N–H and O–H groups in total. The minimum atomic E-state index is -0.592. The second-order valence-electron chi connectivity index (χ2n) is 2.58. The number of esters is 1. The molecule has 0 fully saturated rings. The summed E-state index contributed by atoms with van der Waals surface area (Å²) in [5.41, 5.74) is 5.68. The number of halogens is 2. The molecular formula is C9H9BrFNO2. The van der Waals surface area contributed by atoms with Crippen LogP contribution in [0.5, 0.6) is 0 Å². The lowest BCUT2D eigenvalue weighted by Crippen LogP contribution is -2.07. The van der Waals surface area contributed by atoms with Crippen LogP contribution in [0.2, 0.25) is 0 Å². The van der Waals surface area contributed by atoms with E-state index in [1.165, 1.54) is 6.07 Å². The van der Waals surface area contributed by atoms with Gasteiger partial charge in [0.25, 0.3) is 0 Å². The van der Waals surface area contributed by atoms with Gasteiger partial charge in [-0.2, -0.15) is 0 Å². The van der Waals surface area contributed by atoms with Gasteiger partial charge in [0.2, 0.25) is 0 Å². The first-order valence-electron chi connectivity index (χ1n) is 3.98. The minimum Gasteiger partial charge on any atom is -0.462 e. The van der Waals surface area contributed by atoms with Crippen molar-refractivity contribution in [3.8, 4) is 0 Å². The van der Waals surface area contributed by atoms with E-state index in [0.717, 1.165) is 6.07 Å². The first-order chi connectivity index (χ1) is 6.56. The van der Waals surface area contributed by atoms with Crippen molar-refractivity contribution < 1.29 is 13.9 Å². The monoisotopic (exact) mass is 261 g/mol. The molecule has 5 heteroatoms. The highest BCUT2D eigenvalue weighted by Gasteiger charge is 2.15. The van der Waals surface area contributed by atoms with Gasteiger partial charge in [-0.1, -0.05) is 0 Å². The number of carbonyl (C=O) groups is 1. The van der Waals surface area contributed by atoms with Crippen molar-refractivity contribution >= 4 is 27.6 Å². The van der Waals surface area contributed by atoms with Crippen molar-refractivity contribution in [2.75, 3.05) is 12.3 Å². The topological polar surface area (TPSA) is 52.3 Å². The molecule has 0 amide bonds. The van der Waals surface area contributed by atoms with Crippen LogP contribution < -0.4 is 5.73 Å². The molecule has 1 aromatic carbocycles. The normalized spacial score (nSPS) is 9.93. The molecule has 0 heterocycles. The number of anilines is 1. The second kappa shape index (κ2) is 4.41. The summed E-state index contributed by atoms with van der Waals surface area (Å²) in [6, 6.07) is 2.50. The lowest BCUT2D eigenvalue weighted by Gasteiger charge is -2.05. The molecule has 0 aliphatic heterocycles. The van der Waals surface area contributed by atoms with Crippen LogP contribution in [-0.4, -0.2) is 12.6 Å². The number of nitrogens with two attached hydrogens (primary N) is 1. The Bertz CT molecular complexity index is 368. The van der Waals surface area contributed by atoms with Crippen LogP contribution >= 0.6 is 15.9 Å². The van der Waals surface area contributed by atoms with E-state index in [2.05, 4.69) is 15.9 Å². The number of ether oxygens (including phenoxy) is 1. The van der Waals surface area contributed by atoms with Gasteiger partial charge in [0.05, 0.1) is 16.6 Å². The Hall–Kier alpha value is -1.10. The van der Waals surface area contributed by atoms with Crippen molar-refractivity contribution in [1.82, 2.24) is 0 Å². The Balaban J connectivity index is 3.13.